The van der Waals surface area contributed by atoms with Crippen LogP contribution in [0.3, 0.4) is 0 Å². The molecule has 19 heteroatoms. The number of phosphoric ester groups is 2. The number of hydrogen-bond acceptors (Lipinski definition) is 15. The fourth-order valence-electron chi connectivity index (χ4n) is 13.6. The van der Waals surface area contributed by atoms with Crippen molar-refractivity contribution < 1.29 is 80.2 Å². The number of hydrogen-bond donors (Lipinski definition) is 3. The van der Waals surface area contributed by atoms with E-state index in [4.69, 9.17) is 37.0 Å². The molecule has 0 aromatic heterocycles. The Morgan fingerprint density at radius 1 is 0.255 bits per heavy atom. The molecule has 0 spiro atoms. The van der Waals surface area contributed by atoms with Crippen LogP contribution in [0.1, 0.15) is 465 Å². The van der Waals surface area contributed by atoms with Crippen LogP contribution in [0.5, 0.6) is 0 Å². The van der Waals surface area contributed by atoms with Gasteiger partial charge < -0.3 is 33.8 Å². The molecule has 0 radical (unpaired) electrons. The summed E-state index contributed by atoms with van der Waals surface area (Å²) in [6, 6.07) is 0. The van der Waals surface area contributed by atoms with E-state index in [1.54, 1.807) is 0 Å². The van der Waals surface area contributed by atoms with E-state index in [1.807, 2.05) is 0 Å². The van der Waals surface area contributed by atoms with E-state index >= 15 is 0 Å². The molecule has 0 amide bonds. The number of phosphoric acid groups is 2. The van der Waals surface area contributed by atoms with Crippen LogP contribution in [-0.4, -0.2) is 96.7 Å². The maximum absolute atomic E-state index is 13.2. The van der Waals surface area contributed by atoms with Gasteiger partial charge in [0.05, 0.1) is 26.4 Å². The van der Waals surface area contributed by atoms with E-state index in [1.165, 1.54) is 283 Å². The third kappa shape index (κ3) is 80.1. The van der Waals surface area contributed by atoms with Crippen LogP contribution in [0.2, 0.25) is 0 Å². The summed E-state index contributed by atoms with van der Waals surface area (Å²) in [5.41, 5.74) is 0. The van der Waals surface area contributed by atoms with E-state index in [-0.39, 0.29) is 25.7 Å². The molecule has 0 bridgehead atoms. The second-order valence-electron chi connectivity index (χ2n) is 32.2. The minimum atomic E-state index is -4.97. The molecule has 0 aliphatic carbocycles. The van der Waals surface area contributed by atoms with Crippen molar-refractivity contribution in [3.05, 3.63) is 0 Å². The Hall–Kier alpha value is -1.94. The monoisotopic (exact) mass is 1550 g/mol. The second kappa shape index (κ2) is 78.3. The zero-order valence-corrected chi connectivity index (χ0v) is 71.5. The molecule has 5 atom stereocenters. The van der Waals surface area contributed by atoms with Gasteiger partial charge in [0.2, 0.25) is 0 Å². The van der Waals surface area contributed by atoms with Gasteiger partial charge in [-0.2, -0.15) is 0 Å². The maximum atomic E-state index is 13.2. The first kappa shape index (κ1) is 104. The number of aliphatic hydroxyl groups excluding tert-OH is 1. The first-order valence-corrected chi connectivity index (χ1v) is 48.0. The van der Waals surface area contributed by atoms with Crippen molar-refractivity contribution in [3.8, 4) is 0 Å². The van der Waals surface area contributed by atoms with E-state index in [0.717, 1.165) is 102 Å². The quantitative estimate of drug-likeness (QED) is 0.0222. The van der Waals surface area contributed by atoms with E-state index < -0.39 is 97.5 Å². The molecule has 0 aliphatic heterocycles. The summed E-state index contributed by atoms with van der Waals surface area (Å²) in [5.74, 6) is -0.542. The van der Waals surface area contributed by atoms with Crippen molar-refractivity contribution in [1.82, 2.24) is 0 Å². The number of rotatable bonds is 86. The number of aliphatic hydroxyl groups is 1. The van der Waals surface area contributed by atoms with Crippen molar-refractivity contribution in [2.24, 2.45) is 11.8 Å². The largest absolute Gasteiger partial charge is 0.472 e. The van der Waals surface area contributed by atoms with Gasteiger partial charge >= 0.3 is 39.5 Å². The summed E-state index contributed by atoms with van der Waals surface area (Å²) < 4.78 is 68.9. The smallest absolute Gasteiger partial charge is 0.462 e. The summed E-state index contributed by atoms with van der Waals surface area (Å²) in [5, 5.41) is 10.7. The van der Waals surface area contributed by atoms with Gasteiger partial charge in [-0.25, -0.2) is 9.13 Å². The highest BCUT2D eigenvalue weighted by Gasteiger charge is 2.30. The number of carbonyl (C=O) groups is 4. The van der Waals surface area contributed by atoms with Crippen LogP contribution in [0.15, 0.2) is 0 Å². The number of ether oxygens (including phenoxy) is 4. The molecule has 0 saturated carbocycles. The van der Waals surface area contributed by atoms with Crippen LogP contribution in [0.4, 0.5) is 0 Å². The van der Waals surface area contributed by atoms with Gasteiger partial charge in [0.25, 0.3) is 0 Å². The van der Waals surface area contributed by atoms with Crippen molar-refractivity contribution in [3.63, 3.8) is 0 Å². The lowest BCUT2D eigenvalue weighted by Crippen LogP contribution is -2.30. The first-order chi connectivity index (χ1) is 51.4. The Morgan fingerprint density at radius 2 is 0.434 bits per heavy atom. The van der Waals surface area contributed by atoms with E-state index in [0.29, 0.717) is 25.7 Å². The summed E-state index contributed by atoms with van der Waals surface area (Å²) in [4.78, 5) is 73.3. The van der Waals surface area contributed by atoms with E-state index in [9.17, 15) is 43.2 Å². The lowest BCUT2D eigenvalue weighted by Gasteiger charge is -2.21. The zero-order chi connectivity index (χ0) is 77.8. The average molecular weight is 1550 g/mol. The molecule has 2 unspecified atom stereocenters. The predicted octanol–water partition coefficient (Wildman–Crippen LogP) is 26.6. The van der Waals surface area contributed by atoms with Crippen molar-refractivity contribution in [1.29, 1.82) is 0 Å². The van der Waals surface area contributed by atoms with Gasteiger partial charge in [-0.1, -0.05) is 414 Å². The summed E-state index contributed by atoms with van der Waals surface area (Å²) in [6.07, 6.45) is 70.8. The van der Waals surface area contributed by atoms with Crippen LogP contribution in [0.25, 0.3) is 0 Å². The van der Waals surface area contributed by atoms with Crippen molar-refractivity contribution in [2.45, 2.75) is 484 Å². The third-order valence-corrected chi connectivity index (χ3v) is 22.4. The van der Waals surface area contributed by atoms with Gasteiger partial charge in [-0.3, -0.25) is 37.3 Å². The molecule has 106 heavy (non-hydrogen) atoms. The molecule has 0 aromatic carbocycles. The number of esters is 4. The molecule has 17 nitrogen and oxygen atoms in total. The van der Waals surface area contributed by atoms with Gasteiger partial charge in [0, 0.05) is 25.7 Å². The summed E-state index contributed by atoms with van der Waals surface area (Å²) >= 11 is 0. The molecule has 630 valence electrons. The normalized spacial score (nSPS) is 13.8. The lowest BCUT2D eigenvalue weighted by atomic mass is 10.0. The Kier molecular flexibility index (Phi) is 76.9. The highest BCUT2D eigenvalue weighted by Crippen LogP contribution is 2.45. The molecule has 0 heterocycles. The fraction of sp³-hybridized carbons (Fsp3) is 0.954. The Balaban J connectivity index is 5.24. The molecule has 0 aliphatic rings. The molecular formula is C87H170O17P2. The van der Waals surface area contributed by atoms with E-state index in [2.05, 4.69) is 41.5 Å². The van der Waals surface area contributed by atoms with Crippen molar-refractivity contribution >= 4 is 39.5 Å². The molecule has 0 aromatic rings. The Morgan fingerprint density at radius 3 is 0.642 bits per heavy atom. The molecule has 3 N–H and O–H groups in total. The van der Waals surface area contributed by atoms with Gasteiger partial charge in [-0.15, -0.1) is 0 Å². The maximum Gasteiger partial charge on any atom is 0.472 e. The van der Waals surface area contributed by atoms with Crippen LogP contribution >= 0.6 is 15.6 Å². The minimum Gasteiger partial charge on any atom is -0.462 e. The fourth-order valence-corrected chi connectivity index (χ4v) is 15.2. The lowest BCUT2D eigenvalue weighted by molar-refractivity contribution is -0.161. The Labute approximate surface area is 651 Å². The highest BCUT2D eigenvalue weighted by atomic mass is 31.2. The highest BCUT2D eigenvalue weighted by molar-refractivity contribution is 7.47. The molecule has 0 rings (SSSR count). The summed E-state index contributed by atoms with van der Waals surface area (Å²) in [6.45, 7) is 9.70. The molecule has 0 fully saturated rings. The topological polar surface area (TPSA) is 237 Å². The number of unbranched alkanes of at least 4 members (excludes halogenated alkanes) is 56. The Bertz CT molecular complexity index is 2030. The predicted molar refractivity (Wildman–Crippen MR) is 437 cm³/mol. The zero-order valence-electron chi connectivity index (χ0n) is 69.7. The first-order valence-electron chi connectivity index (χ1n) is 45.0. The standard InChI is InChI=1S/C87H170O17P2/c1-7-9-11-13-15-17-19-21-23-24-25-26-27-28-29-30-36-40-48-54-60-66-72-87(92)103-82(75-97-84(89)69-63-57-51-45-38-35-32-31-33-37-43-49-55-61-67-79(3)4)77-101-105(93,94)99-73-81(88)74-100-106(95,96)102-78-83(76-98-85(90)70-64-58-52-46-42-41-44-50-56-62-68-80(5)6)104-86(91)71-65-59-53-47-39-34-22-20-18-16-14-12-10-8-2/h79-83,88H,7-78H2,1-6H3,(H,93,94)(H,95,96)/t81-,82-,83-/m1/s1. The van der Waals surface area contributed by atoms with Gasteiger partial charge in [0.1, 0.15) is 19.3 Å². The number of carbonyl (C=O) groups excluding carboxylic acids is 4. The summed E-state index contributed by atoms with van der Waals surface area (Å²) in [7, 11) is -9.93. The third-order valence-electron chi connectivity index (χ3n) is 20.5. The molecule has 0 saturated heterocycles. The van der Waals surface area contributed by atoms with Crippen molar-refractivity contribution in [2.75, 3.05) is 39.6 Å². The second-order valence-corrected chi connectivity index (χ2v) is 35.1. The molecular weight excluding hydrogens is 1380 g/mol. The van der Waals surface area contributed by atoms with Crippen LogP contribution < -0.4 is 0 Å². The van der Waals surface area contributed by atoms with Gasteiger partial charge in [-0.05, 0) is 37.5 Å². The van der Waals surface area contributed by atoms with Gasteiger partial charge in [0.15, 0.2) is 12.2 Å². The SMILES string of the molecule is CCCCCCCCCCCCCCCCCCCCCCCCC(=O)O[C@H](COC(=O)CCCCCCCCCCCCCCCCC(C)C)COP(=O)(O)OC[C@@H](O)COP(=O)(O)OC[C@@H](COC(=O)CCCCCCCCCCCCC(C)C)OC(=O)CCCCCCCCCCCCCCCC. The van der Waals surface area contributed by atoms with Crippen LogP contribution in [0, 0.1) is 11.8 Å². The average Bonchev–Trinajstić information content (AvgIpc) is 0.898. The minimum absolute atomic E-state index is 0.108. The van der Waals surface area contributed by atoms with Crippen LogP contribution in [-0.2, 0) is 65.4 Å².